The van der Waals surface area contributed by atoms with Crippen LogP contribution in [0.5, 0.6) is 5.19 Å². The predicted octanol–water partition coefficient (Wildman–Crippen LogP) is 1.60. The number of ether oxygens (including phenoxy) is 1. The van der Waals surface area contributed by atoms with Gasteiger partial charge in [-0.05, 0) is 13.0 Å². The van der Waals surface area contributed by atoms with Crippen LogP contribution < -0.4 is 10.1 Å². The summed E-state index contributed by atoms with van der Waals surface area (Å²) < 4.78 is 5.35. The lowest BCUT2D eigenvalue weighted by Crippen LogP contribution is -2.11. The van der Waals surface area contributed by atoms with Crippen LogP contribution in [0.15, 0.2) is 12.7 Å². The zero-order valence-corrected chi connectivity index (χ0v) is 9.14. The second-order valence-electron chi connectivity index (χ2n) is 2.67. The van der Waals surface area contributed by atoms with E-state index in [0.29, 0.717) is 11.8 Å². The minimum atomic E-state index is 0.624. The summed E-state index contributed by atoms with van der Waals surface area (Å²) in [5, 5.41) is 12.7. The summed E-state index contributed by atoms with van der Waals surface area (Å²) in [5.74, 6) is 0. The number of nitrogens with one attached hydrogen (secondary N) is 1. The van der Waals surface area contributed by atoms with Gasteiger partial charge in [0, 0.05) is 6.54 Å². The van der Waals surface area contributed by atoms with Crippen LogP contribution in [0.3, 0.4) is 0 Å². The van der Waals surface area contributed by atoms with Crippen molar-refractivity contribution in [1.29, 1.82) is 0 Å². The topological polar surface area (TPSA) is 47.0 Å². The molecule has 0 saturated heterocycles. The molecule has 1 N–H and O–H groups in total. The maximum atomic E-state index is 5.35. The van der Waals surface area contributed by atoms with Gasteiger partial charge in [-0.3, -0.25) is 0 Å². The van der Waals surface area contributed by atoms with Crippen molar-refractivity contribution in [2.45, 2.75) is 19.9 Å². The van der Waals surface area contributed by atoms with Gasteiger partial charge in [-0.25, -0.2) is 0 Å². The van der Waals surface area contributed by atoms with Gasteiger partial charge in [0.1, 0.15) is 5.01 Å². The van der Waals surface area contributed by atoms with Gasteiger partial charge in [0.25, 0.3) is 5.19 Å². The molecule has 0 aromatic carbocycles. The van der Waals surface area contributed by atoms with Gasteiger partial charge < -0.3 is 10.1 Å². The van der Waals surface area contributed by atoms with Crippen LogP contribution in [-0.4, -0.2) is 23.3 Å². The molecule has 1 rings (SSSR count). The minimum Gasteiger partial charge on any atom is -0.469 e. The van der Waals surface area contributed by atoms with Gasteiger partial charge in [-0.2, -0.15) is 0 Å². The van der Waals surface area contributed by atoms with E-state index in [2.05, 4.69) is 29.0 Å². The van der Waals surface area contributed by atoms with E-state index in [4.69, 9.17) is 4.74 Å². The van der Waals surface area contributed by atoms with E-state index in [0.717, 1.165) is 24.5 Å². The number of rotatable bonds is 7. The first-order valence-electron chi connectivity index (χ1n) is 4.63. The first-order chi connectivity index (χ1) is 6.86. The highest BCUT2D eigenvalue weighted by Crippen LogP contribution is 2.17. The Morgan fingerprint density at radius 1 is 1.57 bits per heavy atom. The maximum Gasteiger partial charge on any atom is 0.294 e. The van der Waals surface area contributed by atoms with Gasteiger partial charge in [0.05, 0.1) is 6.61 Å². The summed E-state index contributed by atoms with van der Waals surface area (Å²) in [5.41, 5.74) is 0. The van der Waals surface area contributed by atoms with Gasteiger partial charge in [0.15, 0.2) is 0 Å². The van der Waals surface area contributed by atoms with Crippen molar-refractivity contribution in [3.05, 3.63) is 17.7 Å². The van der Waals surface area contributed by atoms with Gasteiger partial charge in [0.2, 0.25) is 0 Å². The lowest BCUT2D eigenvalue weighted by Gasteiger charge is -1.96. The standard InChI is InChI=1S/C9H15N3OS/c1-3-5-6-13-9-12-11-8(14-9)7-10-4-2/h3,10H,1,4-7H2,2H3. The fourth-order valence-electron chi connectivity index (χ4n) is 0.829. The highest BCUT2D eigenvalue weighted by atomic mass is 32.1. The molecule has 5 heteroatoms. The molecule has 1 aromatic rings. The highest BCUT2D eigenvalue weighted by Gasteiger charge is 2.03. The number of nitrogens with zero attached hydrogens (tertiary/aromatic N) is 2. The molecule has 1 aromatic heterocycles. The van der Waals surface area contributed by atoms with Crippen LogP contribution in [-0.2, 0) is 6.54 Å². The fraction of sp³-hybridized carbons (Fsp3) is 0.556. The monoisotopic (exact) mass is 213 g/mol. The van der Waals surface area contributed by atoms with Crippen molar-refractivity contribution in [3.63, 3.8) is 0 Å². The normalized spacial score (nSPS) is 10.1. The second-order valence-corrected chi connectivity index (χ2v) is 3.69. The molecule has 0 amide bonds. The number of hydrogen-bond donors (Lipinski definition) is 1. The smallest absolute Gasteiger partial charge is 0.294 e. The lowest BCUT2D eigenvalue weighted by molar-refractivity contribution is 0.320. The third-order valence-electron chi connectivity index (χ3n) is 1.52. The molecular weight excluding hydrogens is 198 g/mol. The SMILES string of the molecule is C=CCCOc1nnc(CNCC)s1. The molecule has 0 aliphatic rings. The van der Waals surface area contributed by atoms with Crippen molar-refractivity contribution < 1.29 is 4.74 Å². The van der Waals surface area contributed by atoms with Crippen molar-refractivity contribution in [3.8, 4) is 5.19 Å². The molecule has 0 aliphatic heterocycles. The van der Waals surface area contributed by atoms with E-state index >= 15 is 0 Å². The Morgan fingerprint density at radius 3 is 3.14 bits per heavy atom. The van der Waals surface area contributed by atoms with Gasteiger partial charge >= 0.3 is 0 Å². The quantitative estimate of drug-likeness (QED) is 0.552. The highest BCUT2D eigenvalue weighted by molar-refractivity contribution is 7.13. The molecule has 14 heavy (non-hydrogen) atoms. The Morgan fingerprint density at radius 2 is 2.43 bits per heavy atom. The van der Waals surface area contributed by atoms with Crippen molar-refractivity contribution in [2.75, 3.05) is 13.2 Å². The number of aromatic nitrogens is 2. The van der Waals surface area contributed by atoms with E-state index in [1.165, 1.54) is 11.3 Å². The predicted molar refractivity (Wildman–Crippen MR) is 57.6 cm³/mol. The van der Waals surface area contributed by atoms with Crippen LogP contribution in [0.25, 0.3) is 0 Å². The van der Waals surface area contributed by atoms with Crippen LogP contribution >= 0.6 is 11.3 Å². The summed E-state index contributed by atoms with van der Waals surface area (Å²) in [6, 6.07) is 0. The minimum absolute atomic E-state index is 0.624. The van der Waals surface area contributed by atoms with Crippen molar-refractivity contribution >= 4 is 11.3 Å². The van der Waals surface area contributed by atoms with Crippen molar-refractivity contribution in [2.24, 2.45) is 0 Å². The van der Waals surface area contributed by atoms with E-state index < -0.39 is 0 Å². The average molecular weight is 213 g/mol. The largest absolute Gasteiger partial charge is 0.469 e. The van der Waals surface area contributed by atoms with Crippen molar-refractivity contribution in [1.82, 2.24) is 15.5 Å². The fourth-order valence-corrected chi connectivity index (χ4v) is 1.51. The first kappa shape index (κ1) is 11.1. The van der Waals surface area contributed by atoms with Gasteiger partial charge in [-0.15, -0.1) is 16.8 Å². The molecule has 0 bridgehead atoms. The Kier molecular flexibility index (Phi) is 5.17. The Hall–Kier alpha value is -0.940. The molecule has 0 fully saturated rings. The average Bonchev–Trinajstić information content (AvgIpc) is 2.63. The summed E-state index contributed by atoms with van der Waals surface area (Å²) in [4.78, 5) is 0. The molecule has 0 saturated carbocycles. The molecule has 0 unspecified atom stereocenters. The van der Waals surface area contributed by atoms with Crippen LogP contribution in [0.4, 0.5) is 0 Å². The Bertz CT molecular complexity index is 275. The lowest BCUT2D eigenvalue weighted by atomic mass is 10.5. The third-order valence-corrected chi connectivity index (χ3v) is 2.36. The van der Waals surface area contributed by atoms with E-state index in [9.17, 15) is 0 Å². The zero-order chi connectivity index (χ0) is 10.2. The van der Waals surface area contributed by atoms with Gasteiger partial charge in [-0.1, -0.05) is 24.3 Å². The molecule has 0 atom stereocenters. The van der Waals surface area contributed by atoms with Crippen LogP contribution in [0.1, 0.15) is 18.4 Å². The third kappa shape index (κ3) is 3.85. The summed E-state index contributed by atoms with van der Waals surface area (Å²) in [6.45, 7) is 8.00. The summed E-state index contributed by atoms with van der Waals surface area (Å²) >= 11 is 1.48. The Labute approximate surface area is 88.0 Å². The molecular formula is C9H15N3OS. The van der Waals surface area contributed by atoms with E-state index in [-0.39, 0.29) is 0 Å². The van der Waals surface area contributed by atoms with E-state index in [1.54, 1.807) is 0 Å². The van der Waals surface area contributed by atoms with E-state index in [1.807, 2.05) is 6.08 Å². The molecule has 4 nitrogen and oxygen atoms in total. The molecule has 0 radical (unpaired) electrons. The second kappa shape index (κ2) is 6.50. The summed E-state index contributed by atoms with van der Waals surface area (Å²) in [6.07, 6.45) is 2.66. The first-order valence-corrected chi connectivity index (χ1v) is 5.45. The van der Waals surface area contributed by atoms with Crippen LogP contribution in [0, 0.1) is 0 Å². The zero-order valence-electron chi connectivity index (χ0n) is 8.32. The Balaban J connectivity index is 2.31. The molecule has 1 heterocycles. The molecule has 0 aliphatic carbocycles. The maximum absolute atomic E-state index is 5.35. The number of hydrogen-bond acceptors (Lipinski definition) is 5. The molecule has 78 valence electrons. The molecule has 0 spiro atoms. The summed E-state index contributed by atoms with van der Waals surface area (Å²) in [7, 11) is 0. The van der Waals surface area contributed by atoms with Crippen LogP contribution in [0.2, 0.25) is 0 Å².